The molecule has 0 radical (unpaired) electrons. The number of hydrogen-bond acceptors (Lipinski definition) is 3. The Bertz CT molecular complexity index is 130. The molecule has 1 aliphatic rings. The van der Waals surface area contributed by atoms with Crippen LogP contribution in [-0.4, -0.2) is 41.1 Å². The van der Waals surface area contributed by atoms with E-state index in [1.165, 1.54) is 6.92 Å². The summed E-state index contributed by atoms with van der Waals surface area (Å²) in [4.78, 5) is 0. The first kappa shape index (κ1) is 8.83. The first-order valence-corrected chi connectivity index (χ1v) is 3.33. The lowest BCUT2D eigenvalue weighted by molar-refractivity contribution is -0.234. The Kier molecular flexibility index (Phi) is 2.41. The molecule has 0 aromatic heterocycles. The molecule has 0 bridgehead atoms. The molecule has 0 aromatic carbocycles. The molecule has 2 N–H and O–H groups in total. The predicted octanol–water partition coefficient (Wildman–Crippen LogP) is -0.239. The van der Waals surface area contributed by atoms with E-state index in [2.05, 4.69) is 4.74 Å². The van der Waals surface area contributed by atoms with E-state index in [-0.39, 0.29) is 0 Å². The second kappa shape index (κ2) is 3.00. The largest absolute Gasteiger partial charge is 0.388 e. The zero-order valence-electron chi connectivity index (χ0n) is 5.95. The number of hydrogen-bond donors (Lipinski definition) is 2. The van der Waals surface area contributed by atoms with Crippen molar-refractivity contribution in [3.63, 3.8) is 0 Å². The van der Waals surface area contributed by atoms with Crippen molar-refractivity contribution in [3.05, 3.63) is 0 Å². The zero-order valence-corrected chi connectivity index (χ0v) is 5.95. The first-order chi connectivity index (χ1) is 5.04. The van der Waals surface area contributed by atoms with Crippen LogP contribution in [0.5, 0.6) is 0 Å². The minimum Gasteiger partial charge on any atom is -0.388 e. The fourth-order valence-corrected chi connectivity index (χ4v) is 0.982. The van der Waals surface area contributed by atoms with E-state index in [9.17, 15) is 8.78 Å². The van der Waals surface area contributed by atoms with Gasteiger partial charge in [-0.3, -0.25) is 0 Å². The van der Waals surface area contributed by atoms with Crippen molar-refractivity contribution in [2.45, 2.75) is 37.8 Å². The number of alkyl halides is 2. The number of halogens is 2. The summed E-state index contributed by atoms with van der Waals surface area (Å²) in [6, 6.07) is 0. The maximum Gasteiger partial charge on any atom is 0.233 e. The van der Waals surface area contributed by atoms with Crippen LogP contribution in [0.15, 0.2) is 0 Å². The van der Waals surface area contributed by atoms with Gasteiger partial charge in [-0.2, -0.15) is 0 Å². The molecule has 0 saturated carbocycles. The molecule has 66 valence electrons. The van der Waals surface area contributed by atoms with Gasteiger partial charge in [0.15, 0.2) is 6.17 Å². The van der Waals surface area contributed by atoms with Gasteiger partial charge in [-0.1, -0.05) is 0 Å². The monoisotopic (exact) mass is 168 g/mol. The SMILES string of the molecule is CC1OC(F)C(F)C(O)C1O. The quantitative estimate of drug-likeness (QED) is 0.525. The molecule has 5 unspecified atom stereocenters. The standard InChI is InChI=1S/C6H10F2O3/c1-2-4(9)5(10)3(7)6(8)11-2/h2-6,9-10H,1H3. The van der Waals surface area contributed by atoms with E-state index in [4.69, 9.17) is 10.2 Å². The lowest BCUT2D eigenvalue weighted by Crippen LogP contribution is -2.53. The van der Waals surface area contributed by atoms with E-state index in [1.54, 1.807) is 0 Å². The van der Waals surface area contributed by atoms with Gasteiger partial charge in [0, 0.05) is 0 Å². The molecule has 3 nitrogen and oxygen atoms in total. The van der Waals surface area contributed by atoms with Crippen molar-refractivity contribution in [3.8, 4) is 0 Å². The van der Waals surface area contributed by atoms with Gasteiger partial charge in [0.1, 0.15) is 12.2 Å². The van der Waals surface area contributed by atoms with E-state index in [1.807, 2.05) is 0 Å². The zero-order chi connectivity index (χ0) is 8.59. The van der Waals surface area contributed by atoms with Gasteiger partial charge in [-0.25, -0.2) is 8.78 Å². The summed E-state index contributed by atoms with van der Waals surface area (Å²) in [7, 11) is 0. The summed E-state index contributed by atoms with van der Waals surface area (Å²) in [6.45, 7) is 1.37. The number of aliphatic hydroxyl groups is 2. The molecule has 1 rings (SSSR count). The van der Waals surface area contributed by atoms with E-state index in [0.717, 1.165) is 0 Å². The maximum absolute atomic E-state index is 12.5. The maximum atomic E-state index is 12.5. The second-order valence-electron chi connectivity index (χ2n) is 2.62. The highest BCUT2D eigenvalue weighted by atomic mass is 19.2. The summed E-state index contributed by atoms with van der Waals surface area (Å²) in [5, 5.41) is 17.8. The second-order valence-corrected chi connectivity index (χ2v) is 2.62. The Morgan fingerprint density at radius 3 is 2.27 bits per heavy atom. The fraction of sp³-hybridized carbons (Fsp3) is 1.00. The predicted molar refractivity (Wildman–Crippen MR) is 32.4 cm³/mol. The number of aliphatic hydroxyl groups excluding tert-OH is 2. The van der Waals surface area contributed by atoms with Crippen molar-refractivity contribution >= 4 is 0 Å². The van der Waals surface area contributed by atoms with Gasteiger partial charge in [0.25, 0.3) is 0 Å². The van der Waals surface area contributed by atoms with Crippen molar-refractivity contribution in [2.75, 3.05) is 0 Å². The van der Waals surface area contributed by atoms with E-state index in [0.29, 0.717) is 0 Å². The Morgan fingerprint density at radius 2 is 1.73 bits per heavy atom. The molecule has 0 spiro atoms. The van der Waals surface area contributed by atoms with Crippen molar-refractivity contribution in [2.24, 2.45) is 0 Å². The Labute approximate surface area is 62.6 Å². The average Bonchev–Trinajstić information content (AvgIpc) is 1.97. The Morgan fingerprint density at radius 1 is 1.18 bits per heavy atom. The summed E-state index contributed by atoms with van der Waals surface area (Å²) in [6.07, 6.45) is -8.19. The number of rotatable bonds is 0. The molecular weight excluding hydrogens is 158 g/mol. The van der Waals surface area contributed by atoms with Gasteiger partial charge >= 0.3 is 0 Å². The molecular formula is C6H10F2O3. The van der Waals surface area contributed by atoms with Crippen LogP contribution >= 0.6 is 0 Å². The van der Waals surface area contributed by atoms with E-state index >= 15 is 0 Å². The lowest BCUT2D eigenvalue weighted by Gasteiger charge is -2.34. The van der Waals surface area contributed by atoms with Crippen LogP contribution < -0.4 is 0 Å². The normalized spacial score (nSPS) is 52.6. The average molecular weight is 168 g/mol. The fourth-order valence-electron chi connectivity index (χ4n) is 0.982. The third-order valence-corrected chi connectivity index (χ3v) is 1.75. The topological polar surface area (TPSA) is 49.7 Å². The molecule has 0 aliphatic carbocycles. The van der Waals surface area contributed by atoms with E-state index < -0.39 is 30.8 Å². The first-order valence-electron chi connectivity index (χ1n) is 3.33. The molecule has 1 fully saturated rings. The van der Waals surface area contributed by atoms with Gasteiger partial charge in [0.05, 0.1) is 6.10 Å². The highest BCUT2D eigenvalue weighted by molar-refractivity contribution is 4.86. The van der Waals surface area contributed by atoms with Crippen LogP contribution in [0.1, 0.15) is 6.92 Å². The van der Waals surface area contributed by atoms with Crippen LogP contribution in [0.3, 0.4) is 0 Å². The van der Waals surface area contributed by atoms with Gasteiger partial charge in [-0.05, 0) is 6.92 Å². The number of ether oxygens (including phenoxy) is 1. The molecule has 1 saturated heterocycles. The van der Waals surface area contributed by atoms with Crippen LogP contribution in [0.4, 0.5) is 8.78 Å². The Balaban J connectivity index is 2.63. The lowest BCUT2D eigenvalue weighted by atomic mass is 10.0. The third kappa shape index (κ3) is 1.50. The smallest absolute Gasteiger partial charge is 0.233 e. The van der Waals surface area contributed by atoms with Crippen LogP contribution in [0, 0.1) is 0 Å². The minimum absolute atomic E-state index is 0.869. The minimum atomic E-state index is -2.15. The highest BCUT2D eigenvalue weighted by Gasteiger charge is 2.43. The van der Waals surface area contributed by atoms with Crippen LogP contribution in [0.25, 0.3) is 0 Å². The molecule has 0 amide bonds. The van der Waals surface area contributed by atoms with Crippen molar-refractivity contribution in [1.82, 2.24) is 0 Å². The van der Waals surface area contributed by atoms with Gasteiger partial charge in [0.2, 0.25) is 6.36 Å². The molecule has 1 aliphatic heterocycles. The molecule has 11 heavy (non-hydrogen) atoms. The summed E-state index contributed by atoms with van der Waals surface area (Å²) < 4.78 is 29.2. The van der Waals surface area contributed by atoms with Crippen LogP contribution in [0.2, 0.25) is 0 Å². The highest BCUT2D eigenvalue weighted by Crippen LogP contribution is 2.23. The van der Waals surface area contributed by atoms with Gasteiger partial charge in [-0.15, -0.1) is 0 Å². The summed E-state index contributed by atoms with van der Waals surface area (Å²) in [5.74, 6) is 0. The van der Waals surface area contributed by atoms with Crippen LogP contribution in [-0.2, 0) is 4.74 Å². The molecule has 0 aromatic rings. The van der Waals surface area contributed by atoms with Gasteiger partial charge < -0.3 is 14.9 Å². The molecule has 1 heterocycles. The third-order valence-electron chi connectivity index (χ3n) is 1.75. The van der Waals surface area contributed by atoms with Crippen molar-refractivity contribution in [1.29, 1.82) is 0 Å². The molecule has 5 atom stereocenters. The Hall–Kier alpha value is -0.260. The summed E-state index contributed by atoms with van der Waals surface area (Å²) in [5.41, 5.74) is 0. The summed E-state index contributed by atoms with van der Waals surface area (Å²) >= 11 is 0. The van der Waals surface area contributed by atoms with Crippen molar-refractivity contribution < 1.29 is 23.7 Å². The molecule has 5 heteroatoms.